The van der Waals surface area contributed by atoms with Gasteiger partial charge in [-0.05, 0) is 37.0 Å². The van der Waals surface area contributed by atoms with E-state index in [1.165, 1.54) is 18.1 Å². The van der Waals surface area contributed by atoms with Gasteiger partial charge in [0.05, 0.1) is 24.0 Å². The summed E-state index contributed by atoms with van der Waals surface area (Å²) in [5, 5.41) is 0. The molecule has 39 heavy (non-hydrogen) atoms. The van der Waals surface area contributed by atoms with E-state index in [1.54, 1.807) is 12.1 Å². The summed E-state index contributed by atoms with van der Waals surface area (Å²) in [6.45, 7) is 9.11. The van der Waals surface area contributed by atoms with Gasteiger partial charge in [-0.25, -0.2) is 27.5 Å². The fourth-order valence-corrected chi connectivity index (χ4v) is 4.50. The van der Waals surface area contributed by atoms with Gasteiger partial charge in [-0.2, -0.15) is 0 Å². The normalized spacial score (nSPS) is 12.8. The van der Waals surface area contributed by atoms with Gasteiger partial charge >= 0.3 is 0 Å². The number of nitrogen functional groups attached to an aromatic ring is 1. The lowest BCUT2D eigenvalue weighted by atomic mass is 10.0. The fraction of sp³-hybridized carbons (Fsp3) is 0.433. The lowest BCUT2D eigenvalue weighted by Crippen LogP contribution is -2.31. The van der Waals surface area contributed by atoms with Gasteiger partial charge in [0, 0.05) is 23.9 Å². The molecule has 0 unspecified atom stereocenters. The highest BCUT2D eigenvalue weighted by Gasteiger charge is 2.27. The second kappa shape index (κ2) is 14.6. The van der Waals surface area contributed by atoms with Crippen LogP contribution in [0.5, 0.6) is 0 Å². The highest BCUT2D eigenvalue weighted by atomic mass is 19.2. The van der Waals surface area contributed by atoms with Crippen molar-refractivity contribution in [2.24, 2.45) is 5.92 Å². The Bertz CT molecular complexity index is 1230. The zero-order valence-electron chi connectivity index (χ0n) is 23.5. The third-order valence-corrected chi connectivity index (χ3v) is 6.63. The van der Waals surface area contributed by atoms with Crippen molar-refractivity contribution in [2.45, 2.75) is 73.1 Å². The second-order valence-electron chi connectivity index (χ2n) is 8.99. The fourth-order valence-electron chi connectivity index (χ4n) is 4.50. The molecule has 1 amide bonds. The van der Waals surface area contributed by atoms with Crippen LogP contribution < -0.4 is 10.6 Å². The minimum atomic E-state index is -1.94. The van der Waals surface area contributed by atoms with Crippen molar-refractivity contribution in [3.05, 3.63) is 70.6 Å². The molecule has 0 atom stereocenters. The van der Waals surface area contributed by atoms with Crippen LogP contribution in [0.15, 0.2) is 30.5 Å². The van der Waals surface area contributed by atoms with Crippen molar-refractivity contribution in [2.75, 3.05) is 17.7 Å². The van der Waals surface area contributed by atoms with Gasteiger partial charge in [0.1, 0.15) is 0 Å². The van der Waals surface area contributed by atoms with E-state index in [2.05, 4.69) is 4.98 Å². The van der Waals surface area contributed by atoms with E-state index < -0.39 is 46.7 Å². The Kier molecular flexibility index (Phi) is 11.9. The van der Waals surface area contributed by atoms with E-state index in [-0.39, 0.29) is 0 Å². The summed E-state index contributed by atoms with van der Waals surface area (Å²) in [5.74, 6) is -6.88. The van der Waals surface area contributed by atoms with Crippen LogP contribution in [-0.4, -0.2) is 22.9 Å². The molecule has 3 aromatic rings. The van der Waals surface area contributed by atoms with Crippen LogP contribution in [0.25, 0.3) is 11.3 Å². The molecule has 2 N–H and O–H groups in total. The number of hydrogen-bond acceptors (Lipinski definition) is 4. The predicted octanol–water partition coefficient (Wildman–Crippen LogP) is 7.58. The van der Waals surface area contributed by atoms with Crippen LogP contribution >= 0.6 is 0 Å². The molecule has 1 heterocycles. The Morgan fingerprint density at radius 3 is 2.10 bits per heavy atom. The summed E-state index contributed by atoms with van der Waals surface area (Å²) >= 11 is 0. The van der Waals surface area contributed by atoms with Crippen molar-refractivity contribution in [1.29, 1.82) is 0 Å². The van der Waals surface area contributed by atoms with E-state index in [9.17, 15) is 22.4 Å². The maximum atomic E-state index is 14.4. The molecule has 1 saturated carbocycles. The van der Waals surface area contributed by atoms with E-state index in [1.807, 2.05) is 39.8 Å². The van der Waals surface area contributed by atoms with Crippen LogP contribution in [0.3, 0.4) is 0 Å². The Morgan fingerprint density at radius 1 is 0.949 bits per heavy atom. The van der Waals surface area contributed by atoms with E-state index >= 15 is 0 Å². The summed E-state index contributed by atoms with van der Waals surface area (Å²) in [6.07, 6.45) is 5.82. The maximum Gasteiger partial charge on any atom is 0.232 e. The number of halogens is 4. The number of carbonyl (C=O) groups excluding carboxylic acids is 1. The first kappa shape index (κ1) is 31.7. The van der Waals surface area contributed by atoms with Crippen LogP contribution in [0, 0.1) is 36.1 Å². The van der Waals surface area contributed by atoms with E-state index in [0.717, 1.165) is 38.2 Å². The highest BCUT2D eigenvalue weighted by Crippen LogP contribution is 2.32. The molecular formula is C30H38F4N4O. The first-order valence-corrected chi connectivity index (χ1v) is 13.5. The van der Waals surface area contributed by atoms with Crippen molar-refractivity contribution in [1.82, 2.24) is 9.97 Å². The Morgan fingerprint density at radius 2 is 1.51 bits per heavy atom. The molecule has 0 spiro atoms. The minimum absolute atomic E-state index is 0.294. The molecule has 9 heteroatoms. The summed E-state index contributed by atoms with van der Waals surface area (Å²) < 4.78 is 55.7. The number of aromatic nitrogens is 2. The molecular weight excluding hydrogens is 508 g/mol. The number of nitrogens with two attached hydrogens (primary N) is 1. The summed E-state index contributed by atoms with van der Waals surface area (Å²) in [5.41, 5.74) is 7.46. The zero-order chi connectivity index (χ0) is 29.3. The molecule has 1 aliphatic rings. The van der Waals surface area contributed by atoms with E-state index in [4.69, 9.17) is 10.7 Å². The number of amides is 1. The lowest BCUT2D eigenvalue weighted by Gasteiger charge is -2.22. The Hall–Kier alpha value is -3.49. The molecule has 0 saturated heterocycles. The molecule has 0 radical (unpaired) electrons. The molecule has 1 aromatic heterocycles. The van der Waals surface area contributed by atoms with Gasteiger partial charge in [0.2, 0.25) is 5.91 Å². The number of likely N-dealkylation sites (N-methyl/N-ethyl adjacent to an activating group) is 1. The standard InChI is InChI=1S/C26H26F4N4O.2C2H6/c1-14-18(23(28)25(30)24(29)22(14)27)12-21(35)34(2)26-19(11-15-5-3-4-6-15)33-20(13-32-26)16-7-9-17(31)10-8-16;2*1-2/h7-10,13,15H,3-6,11-12,31H2,1-2H3;2*1-2H3. The van der Waals surface area contributed by atoms with E-state index in [0.29, 0.717) is 35.2 Å². The van der Waals surface area contributed by atoms with Crippen molar-refractivity contribution >= 4 is 17.4 Å². The average Bonchev–Trinajstić information content (AvgIpc) is 3.48. The number of nitrogens with zero attached hydrogens (tertiary/aromatic N) is 3. The number of carbonyl (C=O) groups is 1. The van der Waals surface area contributed by atoms with Crippen molar-refractivity contribution < 1.29 is 22.4 Å². The van der Waals surface area contributed by atoms with Crippen LogP contribution in [0.2, 0.25) is 0 Å². The largest absolute Gasteiger partial charge is 0.399 e. The lowest BCUT2D eigenvalue weighted by molar-refractivity contribution is -0.117. The van der Waals surface area contributed by atoms with Crippen LogP contribution in [-0.2, 0) is 17.6 Å². The average molecular weight is 547 g/mol. The summed E-state index contributed by atoms with van der Waals surface area (Å²) in [4.78, 5) is 23.5. The Balaban J connectivity index is 0.00000127. The zero-order valence-corrected chi connectivity index (χ0v) is 23.5. The second-order valence-corrected chi connectivity index (χ2v) is 8.99. The van der Waals surface area contributed by atoms with Gasteiger partial charge in [-0.3, -0.25) is 9.69 Å². The molecule has 4 rings (SSSR count). The van der Waals surface area contributed by atoms with Crippen molar-refractivity contribution in [3.8, 4) is 11.3 Å². The first-order chi connectivity index (χ1) is 18.7. The quantitative estimate of drug-likeness (QED) is 0.150. The third kappa shape index (κ3) is 7.34. The minimum Gasteiger partial charge on any atom is -0.399 e. The van der Waals surface area contributed by atoms with Crippen LogP contribution in [0.1, 0.15) is 70.2 Å². The number of rotatable bonds is 6. The number of hydrogen-bond donors (Lipinski definition) is 1. The molecule has 212 valence electrons. The molecule has 2 aromatic carbocycles. The SMILES string of the molecule is CC.CC.Cc1c(F)c(F)c(F)c(F)c1CC(=O)N(C)c1ncc(-c2ccc(N)cc2)nc1CC1CCCC1. The summed E-state index contributed by atoms with van der Waals surface area (Å²) in [6, 6.07) is 7.18. The van der Waals surface area contributed by atoms with Crippen molar-refractivity contribution in [3.63, 3.8) is 0 Å². The van der Waals surface area contributed by atoms with Gasteiger partial charge in [0.15, 0.2) is 29.1 Å². The van der Waals surface area contributed by atoms with Gasteiger partial charge in [-0.1, -0.05) is 65.5 Å². The first-order valence-electron chi connectivity index (χ1n) is 13.5. The smallest absolute Gasteiger partial charge is 0.232 e. The Labute approximate surface area is 228 Å². The van der Waals surface area contributed by atoms with Gasteiger partial charge in [0.25, 0.3) is 0 Å². The topological polar surface area (TPSA) is 72.1 Å². The third-order valence-electron chi connectivity index (χ3n) is 6.63. The van der Waals surface area contributed by atoms with Crippen LogP contribution in [0.4, 0.5) is 29.1 Å². The number of benzene rings is 2. The maximum absolute atomic E-state index is 14.4. The molecule has 0 aliphatic heterocycles. The molecule has 5 nitrogen and oxygen atoms in total. The number of anilines is 2. The summed E-state index contributed by atoms with van der Waals surface area (Å²) in [7, 11) is 1.46. The molecule has 1 fully saturated rings. The monoisotopic (exact) mass is 546 g/mol. The molecule has 0 bridgehead atoms. The highest BCUT2D eigenvalue weighted by molar-refractivity contribution is 5.94. The van der Waals surface area contributed by atoms with Gasteiger partial charge < -0.3 is 5.73 Å². The molecule has 1 aliphatic carbocycles. The predicted molar refractivity (Wildman–Crippen MR) is 148 cm³/mol. The van der Waals surface area contributed by atoms with Gasteiger partial charge in [-0.15, -0.1) is 0 Å².